The maximum atomic E-state index is 11.9. The standard InChI is InChI=1S/C14H21NO3/c1-4-14(18,5-2)9-15-13(17)11-8-10(3)6-7-12(11)16/h6-8,16,18H,4-5,9H2,1-3H3,(H,15,17). The van der Waals surface area contributed by atoms with Crippen LogP contribution in [0.25, 0.3) is 0 Å². The molecule has 0 atom stereocenters. The highest BCUT2D eigenvalue weighted by Gasteiger charge is 2.23. The normalized spacial score (nSPS) is 11.3. The Bertz CT molecular complexity index is 425. The SMILES string of the molecule is CCC(O)(CC)CNC(=O)c1cc(C)ccc1O. The van der Waals surface area contributed by atoms with Crippen LogP contribution < -0.4 is 5.32 Å². The molecule has 0 unspecified atom stereocenters. The first-order valence-electron chi connectivity index (χ1n) is 6.22. The van der Waals surface area contributed by atoms with E-state index in [1.165, 1.54) is 6.07 Å². The monoisotopic (exact) mass is 251 g/mol. The van der Waals surface area contributed by atoms with E-state index < -0.39 is 5.60 Å². The van der Waals surface area contributed by atoms with Gasteiger partial charge in [0, 0.05) is 6.54 Å². The Morgan fingerprint density at radius 3 is 2.50 bits per heavy atom. The first kappa shape index (κ1) is 14.5. The molecule has 1 rings (SSSR count). The molecule has 1 amide bonds. The molecule has 1 aromatic carbocycles. The predicted octanol–water partition coefficient (Wildman–Crippen LogP) is 1.98. The number of benzene rings is 1. The fourth-order valence-corrected chi connectivity index (χ4v) is 1.67. The first-order valence-corrected chi connectivity index (χ1v) is 6.22. The fraction of sp³-hybridized carbons (Fsp3) is 0.500. The summed E-state index contributed by atoms with van der Waals surface area (Å²) in [4.78, 5) is 11.9. The predicted molar refractivity (Wildman–Crippen MR) is 70.7 cm³/mol. The highest BCUT2D eigenvalue weighted by Crippen LogP contribution is 2.19. The van der Waals surface area contributed by atoms with Crippen LogP contribution in [-0.2, 0) is 0 Å². The number of hydrogen-bond donors (Lipinski definition) is 3. The molecule has 0 aromatic heterocycles. The van der Waals surface area contributed by atoms with E-state index in [1.807, 2.05) is 20.8 Å². The van der Waals surface area contributed by atoms with Gasteiger partial charge in [-0.25, -0.2) is 0 Å². The number of rotatable bonds is 5. The van der Waals surface area contributed by atoms with Crippen molar-refractivity contribution >= 4 is 5.91 Å². The summed E-state index contributed by atoms with van der Waals surface area (Å²) in [7, 11) is 0. The third-order valence-corrected chi connectivity index (χ3v) is 3.29. The van der Waals surface area contributed by atoms with Gasteiger partial charge in [-0.15, -0.1) is 0 Å². The number of hydrogen-bond acceptors (Lipinski definition) is 3. The summed E-state index contributed by atoms with van der Waals surface area (Å²) in [5.74, 6) is -0.411. The lowest BCUT2D eigenvalue weighted by Crippen LogP contribution is -2.42. The molecule has 0 heterocycles. The molecule has 100 valence electrons. The van der Waals surface area contributed by atoms with E-state index in [4.69, 9.17) is 0 Å². The summed E-state index contributed by atoms with van der Waals surface area (Å²) in [5.41, 5.74) is 0.263. The van der Waals surface area contributed by atoms with Gasteiger partial charge in [0.25, 0.3) is 5.91 Å². The van der Waals surface area contributed by atoms with Crippen molar-refractivity contribution in [3.05, 3.63) is 29.3 Å². The topological polar surface area (TPSA) is 69.6 Å². The van der Waals surface area contributed by atoms with Crippen LogP contribution in [0.15, 0.2) is 18.2 Å². The number of phenolic OH excluding ortho intramolecular Hbond substituents is 1. The molecule has 0 saturated carbocycles. The van der Waals surface area contributed by atoms with Crippen molar-refractivity contribution in [2.45, 2.75) is 39.2 Å². The van der Waals surface area contributed by atoms with E-state index >= 15 is 0 Å². The van der Waals surface area contributed by atoms with Gasteiger partial charge >= 0.3 is 0 Å². The zero-order chi connectivity index (χ0) is 13.8. The van der Waals surface area contributed by atoms with Crippen LogP contribution in [0, 0.1) is 6.92 Å². The molecule has 4 heteroatoms. The Labute approximate surface area is 108 Å². The minimum Gasteiger partial charge on any atom is -0.507 e. The number of nitrogens with one attached hydrogen (secondary N) is 1. The van der Waals surface area contributed by atoms with Crippen molar-refractivity contribution in [2.75, 3.05) is 6.54 Å². The molecule has 3 N–H and O–H groups in total. The van der Waals surface area contributed by atoms with Crippen molar-refractivity contribution in [1.82, 2.24) is 5.32 Å². The molecule has 0 bridgehead atoms. The van der Waals surface area contributed by atoms with Gasteiger partial charge in [0.1, 0.15) is 5.75 Å². The van der Waals surface area contributed by atoms with Crippen LogP contribution >= 0.6 is 0 Å². The summed E-state index contributed by atoms with van der Waals surface area (Å²) in [6.07, 6.45) is 1.15. The van der Waals surface area contributed by atoms with Crippen LogP contribution in [0.5, 0.6) is 5.75 Å². The molecule has 0 aliphatic heterocycles. The highest BCUT2D eigenvalue weighted by atomic mass is 16.3. The van der Waals surface area contributed by atoms with Crippen LogP contribution in [-0.4, -0.2) is 28.3 Å². The third kappa shape index (κ3) is 3.47. The number of aromatic hydroxyl groups is 1. The molecular formula is C14H21NO3. The van der Waals surface area contributed by atoms with Crippen molar-refractivity contribution in [3.8, 4) is 5.75 Å². The summed E-state index contributed by atoms with van der Waals surface area (Å²) in [6.45, 7) is 5.79. The Morgan fingerprint density at radius 2 is 1.94 bits per heavy atom. The van der Waals surface area contributed by atoms with Gasteiger partial charge in [-0.2, -0.15) is 0 Å². The molecule has 1 aromatic rings. The number of phenols is 1. The highest BCUT2D eigenvalue weighted by molar-refractivity contribution is 5.97. The lowest BCUT2D eigenvalue weighted by Gasteiger charge is -2.25. The van der Waals surface area contributed by atoms with E-state index in [1.54, 1.807) is 12.1 Å². The number of carbonyl (C=O) groups is 1. The smallest absolute Gasteiger partial charge is 0.255 e. The second-order valence-corrected chi connectivity index (χ2v) is 4.63. The summed E-state index contributed by atoms with van der Waals surface area (Å²) < 4.78 is 0. The molecule has 0 aliphatic rings. The number of amides is 1. The average Bonchev–Trinajstić information content (AvgIpc) is 2.38. The van der Waals surface area contributed by atoms with Gasteiger partial charge in [-0.05, 0) is 31.9 Å². The van der Waals surface area contributed by atoms with Gasteiger partial charge in [0.2, 0.25) is 0 Å². The number of carbonyl (C=O) groups excluding carboxylic acids is 1. The summed E-state index contributed by atoms with van der Waals surface area (Å²) in [6, 6.07) is 4.86. The van der Waals surface area contributed by atoms with Crippen LogP contribution in [0.3, 0.4) is 0 Å². The third-order valence-electron chi connectivity index (χ3n) is 3.29. The van der Waals surface area contributed by atoms with Crippen molar-refractivity contribution < 1.29 is 15.0 Å². The lowest BCUT2D eigenvalue weighted by atomic mass is 9.97. The van der Waals surface area contributed by atoms with E-state index in [0.717, 1.165) is 5.56 Å². The largest absolute Gasteiger partial charge is 0.507 e. The van der Waals surface area contributed by atoms with Crippen molar-refractivity contribution in [1.29, 1.82) is 0 Å². The molecular weight excluding hydrogens is 230 g/mol. The molecule has 0 fully saturated rings. The minimum atomic E-state index is -0.880. The van der Waals surface area contributed by atoms with Gasteiger partial charge in [0.15, 0.2) is 0 Å². The zero-order valence-corrected chi connectivity index (χ0v) is 11.2. The second kappa shape index (κ2) is 5.87. The minimum absolute atomic E-state index is 0.0466. The average molecular weight is 251 g/mol. The molecule has 4 nitrogen and oxygen atoms in total. The van der Waals surface area contributed by atoms with Crippen LogP contribution in [0.2, 0.25) is 0 Å². The molecule has 18 heavy (non-hydrogen) atoms. The van der Waals surface area contributed by atoms with Gasteiger partial charge in [-0.3, -0.25) is 4.79 Å². The Morgan fingerprint density at radius 1 is 1.33 bits per heavy atom. The molecule has 0 saturated heterocycles. The maximum absolute atomic E-state index is 11.9. The van der Waals surface area contributed by atoms with Crippen molar-refractivity contribution in [3.63, 3.8) is 0 Å². The van der Waals surface area contributed by atoms with Gasteiger partial charge < -0.3 is 15.5 Å². The van der Waals surface area contributed by atoms with E-state index in [-0.39, 0.29) is 23.8 Å². The first-order chi connectivity index (χ1) is 8.41. The van der Waals surface area contributed by atoms with Crippen LogP contribution in [0.1, 0.15) is 42.6 Å². The Hall–Kier alpha value is -1.55. The second-order valence-electron chi connectivity index (χ2n) is 4.63. The number of aliphatic hydroxyl groups is 1. The molecule has 0 spiro atoms. The summed E-state index contributed by atoms with van der Waals surface area (Å²) in [5, 5.41) is 22.4. The quantitative estimate of drug-likeness (QED) is 0.749. The Kier molecular flexibility index (Phi) is 4.73. The Balaban J connectivity index is 2.74. The van der Waals surface area contributed by atoms with E-state index in [2.05, 4.69) is 5.32 Å². The van der Waals surface area contributed by atoms with Gasteiger partial charge in [-0.1, -0.05) is 25.5 Å². The molecule has 0 radical (unpaired) electrons. The summed E-state index contributed by atoms with van der Waals surface area (Å²) >= 11 is 0. The van der Waals surface area contributed by atoms with Crippen molar-refractivity contribution in [2.24, 2.45) is 0 Å². The fourth-order valence-electron chi connectivity index (χ4n) is 1.67. The van der Waals surface area contributed by atoms with Gasteiger partial charge in [0.05, 0.1) is 11.2 Å². The van der Waals surface area contributed by atoms with E-state index in [0.29, 0.717) is 12.8 Å². The van der Waals surface area contributed by atoms with E-state index in [9.17, 15) is 15.0 Å². The lowest BCUT2D eigenvalue weighted by molar-refractivity contribution is 0.0313. The maximum Gasteiger partial charge on any atom is 0.255 e. The van der Waals surface area contributed by atoms with Crippen LogP contribution in [0.4, 0.5) is 0 Å². The zero-order valence-electron chi connectivity index (χ0n) is 11.2. The molecule has 0 aliphatic carbocycles. The number of aryl methyl sites for hydroxylation is 1.